The van der Waals surface area contributed by atoms with Crippen molar-refractivity contribution in [2.24, 2.45) is 0 Å². The zero-order chi connectivity index (χ0) is 21.5. The van der Waals surface area contributed by atoms with Crippen LogP contribution >= 0.6 is 11.6 Å². The van der Waals surface area contributed by atoms with Crippen molar-refractivity contribution < 1.29 is 8.42 Å². The second-order valence-corrected chi connectivity index (χ2v) is 9.54. The van der Waals surface area contributed by atoms with Gasteiger partial charge in [0.15, 0.2) is 0 Å². The van der Waals surface area contributed by atoms with E-state index in [-0.39, 0.29) is 4.90 Å². The van der Waals surface area contributed by atoms with E-state index in [0.717, 1.165) is 16.6 Å². The summed E-state index contributed by atoms with van der Waals surface area (Å²) in [6, 6.07) is 16.4. The van der Waals surface area contributed by atoms with Gasteiger partial charge in [0.2, 0.25) is 0 Å². The third-order valence-electron chi connectivity index (χ3n) is 5.40. The number of nitrogens with one attached hydrogen (secondary N) is 1. The van der Waals surface area contributed by atoms with E-state index in [9.17, 15) is 8.42 Å². The molecule has 1 aromatic heterocycles. The molecule has 154 valence electrons. The summed E-state index contributed by atoms with van der Waals surface area (Å²) >= 11 is 5.90. The van der Waals surface area contributed by atoms with Crippen molar-refractivity contribution in [3.05, 3.63) is 88.2 Å². The third kappa shape index (κ3) is 3.80. The Kier molecular flexibility index (Phi) is 5.30. The first-order chi connectivity index (χ1) is 14.3. The molecule has 0 aliphatic rings. The van der Waals surface area contributed by atoms with Gasteiger partial charge >= 0.3 is 0 Å². The second-order valence-electron chi connectivity index (χ2n) is 7.42. The number of fused-ring (bicyclic) bond motifs is 1. The highest BCUT2D eigenvalue weighted by molar-refractivity contribution is 7.92. The lowest BCUT2D eigenvalue weighted by atomic mass is 10.1. The van der Waals surface area contributed by atoms with E-state index in [0.29, 0.717) is 22.8 Å². The third-order valence-corrected chi connectivity index (χ3v) is 7.01. The smallest absolute Gasteiger partial charge is 0.261 e. The monoisotopic (exact) mass is 439 g/mol. The highest BCUT2D eigenvalue weighted by Crippen LogP contribution is 2.31. The minimum atomic E-state index is -3.78. The molecule has 7 heteroatoms. The average molecular weight is 440 g/mol. The first kappa shape index (κ1) is 20.4. The summed E-state index contributed by atoms with van der Waals surface area (Å²) in [6.45, 7) is 6.61. The molecule has 0 bridgehead atoms. The molecule has 0 amide bonds. The molecule has 30 heavy (non-hydrogen) atoms. The Balaban J connectivity index is 1.79. The normalized spacial score (nSPS) is 11.7. The quantitative estimate of drug-likeness (QED) is 0.448. The highest BCUT2D eigenvalue weighted by Gasteiger charge is 2.20. The van der Waals surface area contributed by atoms with Crippen LogP contribution in [0, 0.1) is 20.8 Å². The number of nitrogens with zero attached hydrogens (tertiary/aromatic N) is 2. The molecule has 1 N–H and O–H groups in total. The van der Waals surface area contributed by atoms with Gasteiger partial charge in [0.1, 0.15) is 5.52 Å². The lowest BCUT2D eigenvalue weighted by Gasteiger charge is -2.14. The molecule has 4 rings (SSSR count). The number of rotatable bonds is 5. The predicted octanol–water partition coefficient (Wildman–Crippen LogP) is 5.46. The Labute approximate surface area is 181 Å². The summed E-state index contributed by atoms with van der Waals surface area (Å²) in [7, 11) is -3.78. The van der Waals surface area contributed by atoms with Crippen molar-refractivity contribution in [3.8, 4) is 0 Å². The number of imidazole rings is 1. The molecule has 0 spiro atoms. The Bertz CT molecular complexity index is 1340. The van der Waals surface area contributed by atoms with Crippen LogP contribution in [0.3, 0.4) is 0 Å². The number of halogens is 1. The number of sulfonamides is 1. The minimum absolute atomic E-state index is 0.153. The molecule has 0 radical (unpaired) electrons. The van der Waals surface area contributed by atoms with Crippen LogP contribution in [0.15, 0.2) is 65.8 Å². The van der Waals surface area contributed by atoms with Crippen LogP contribution in [0.5, 0.6) is 0 Å². The SMILES string of the molecule is Cc1ccccc1Cn1cnc2c(NS(=O)(=O)c3ccc(Cl)cc3)c(C)c(C)cc21. The van der Waals surface area contributed by atoms with Gasteiger partial charge in [-0.05, 0) is 73.4 Å². The molecular formula is C23H22ClN3O2S. The van der Waals surface area contributed by atoms with Gasteiger partial charge < -0.3 is 4.57 Å². The van der Waals surface area contributed by atoms with E-state index < -0.39 is 10.0 Å². The van der Waals surface area contributed by atoms with E-state index in [1.807, 2.05) is 30.5 Å². The van der Waals surface area contributed by atoms with Crippen molar-refractivity contribution in [1.29, 1.82) is 0 Å². The summed E-state index contributed by atoms with van der Waals surface area (Å²) in [6.07, 6.45) is 1.76. The fourth-order valence-electron chi connectivity index (χ4n) is 3.45. The first-order valence-electron chi connectivity index (χ1n) is 9.54. The number of hydrogen-bond acceptors (Lipinski definition) is 3. The first-order valence-corrected chi connectivity index (χ1v) is 11.4. The summed E-state index contributed by atoms with van der Waals surface area (Å²) in [5, 5.41) is 0.484. The van der Waals surface area contributed by atoms with Crippen LogP contribution in [0.1, 0.15) is 22.3 Å². The minimum Gasteiger partial charge on any atom is -0.326 e. The Morgan fingerprint density at radius 3 is 2.40 bits per heavy atom. The molecule has 3 aromatic carbocycles. The number of hydrogen-bond donors (Lipinski definition) is 1. The molecule has 1 heterocycles. The topological polar surface area (TPSA) is 64.0 Å². The Morgan fingerprint density at radius 1 is 1.00 bits per heavy atom. The van der Waals surface area contributed by atoms with Gasteiger partial charge in [0, 0.05) is 11.6 Å². The van der Waals surface area contributed by atoms with E-state index in [4.69, 9.17) is 11.6 Å². The van der Waals surface area contributed by atoms with Gasteiger partial charge in [-0.25, -0.2) is 13.4 Å². The van der Waals surface area contributed by atoms with Crippen molar-refractivity contribution >= 4 is 38.3 Å². The number of aromatic nitrogens is 2. The van der Waals surface area contributed by atoms with E-state index in [1.165, 1.54) is 23.3 Å². The molecule has 4 aromatic rings. The number of anilines is 1. The molecule has 0 saturated heterocycles. The zero-order valence-electron chi connectivity index (χ0n) is 17.0. The van der Waals surface area contributed by atoms with Crippen LogP contribution in [-0.4, -0.2) is 18.0 Å². The summed E-state index contributed by atoms with van der Waals surface area (Å²) < 4.78 is 30.7. The molecule has 0 saturated carbocycles. The van der Waals surface area contributed by atoms with E-state index in [1.54, 1.807) is 18.5 Å². The molecule has 0 aliphatic carbocycles. The maximum absolute atomic E-state index is 13.0. The molecule has 0 aliphatic heterocycles. The Hall–Kier alpha value is -2.83. The maximum Gasteiger partial charge on any atom is 0.261 e. The van der Waals surface area contributed by atoms with Crippen LogP contribution in [0.25, 0.3) is 11.0 Å². The summed E-state index contributed by atoms with van der Waals surface area (Å²) in [5.41, 5.74) is 6.25. The molecule has 0 unspecified atom stereocenters. The van der Waals surface area contributed by atoms with Crippen LogP contribution < -0.4 is 4.72 Å². The number of aryl methyl sites for hydroxylation is 2. The Morgan fingerprint density at radius 2 is 1.70 bits per heavy atom. The van der Waals surface area contributed by atoms with Crippen LogP contribution in [0.4, 0.5) is 5.69 Å². The van der Waals surface area contributed by atoms with Crippen molar-refractivity contribution in [3.63, 3.8) is 0 Å². The molecular weight excluding hydrogens is 418 g/mol. The van der Waals surface area contributed by atoms with Gasteiger partial charge in [-0.1, -0.05) is 35.9 Å². The lowest BCUT2D eigenvalue weighted by Crippen LogP contribution is -2.14. The van der Waals surface area contributed by atoms with Crippen molar-refractivity contribution in [1.82, 2.24) is 9.55 Å². The highest BCUT2D eigenvalue weighted by atomic mass is 35.5. The molecule has 5 nitrogen and oxygen atoms in total. The zero-order valence-corrected chi connectivity index (χ0v) is 18.6. The largest absolute Gasteiger partial charge is 0.326 e. The van der Waals surface area contributed by atoms with Crippen molar-refractivity contribution in [2.45, 2.75) is 32.2 Å². The standard InChI is InChI=1S/C23H22ClN3O2S/c1-15-6-4-5-7-18(15)13-27-14-25-23-21(27)12-16(2)17(3)22(23)26-30(28,29)20-10-8-19(24)9-11-20/h4-12,14,26H,13H2,1-3H3. The fourth-order valence-corrected chi connectivity index (χ4v) is 4.71. The van der Waals surface area contributed by atoms with Gasteiger partial charge in [-0.2, -0.15) is 0 Å². The molecule has 0 fully saturated rings. The van der Waals surface area contributed by atoms with E-state index in [2.05, 4.69) is 34.8 Å². The second kappa shape index (κ2) is 7.78. The summed E-state index contributed by atoms with van der Waals surface area (Å²) in [4.78, 5) is 4.71. The molecule has 0 atom stereocenters. The fraction of sp³-hybridized carbons (Fsp3) is 0.174. The van der Waals surface area contributed by atoms with Gasteiger partial charge in [0.25, 0.3) is 10.0 Å². The van der Waals surface area contributed by atoms with Gasteiger partial charge in [-0.15, -0.1) is 0 Å². The average Bonchev–Trinajstić information content (AvgIpc) is 3.10. The predicted molar refractivity (Wildman–Crippen MR) is 122 cm³/mol. The van der Waals surface area contributed by atoms with Crippen molar-refractivity contribution in [2.75, 3.05) is 4.72 Å². The van der Waals surface area contributed by atoms with Crippen LogP contribution in [-0.2, 0) is 16.6 Å². The number of benzene rings is 3. The van der Waals surface area contributed by atoms with Gasteiger partial charge in [-0.3, -0.25) is 4.72 Å². The summed E-state index contributed by atoms with van der Waals surface area (Å²) in [5.74, 6) is 0. The van der Waals surface area contributed by atoms with Gasteiger partial charge in [0.05, 0.1) is 22.4 Å². The lowest BCUT2D eigenvalue weighted by molar-refractivity contribution is 0.601. The maximum atomic E-state index is 13.0. The van der Waals surface area contributed by atoms with E-state index >= 15 is 0 Å². The van der Waals surface area contributed by atoms with Crippen LogP contribution in [0.2, 0.25) is 5.02 Å².